The summed E-state index contributed by atoms with van der Waals surface area (Å²) >= 11 is 0. The molecule has 0 aromatic carbocycles. The SMILES string of the molecule is COC1CCC(C(=O)NCCCCCCCC(=O)O)C(C=O)C1. The van der Waals surface area contributed by atoms with E-state index in [1.54, 1.807) is 7.11 Å². The van der Waals surface area contributed by atoms with E-state index in [9.17, 15) is 14.4 Å². The Morgan fingerprint density at radius 3 is 2.52 bits per heavy atom. The Bertz CT molecular complexity index is 385. The van der Waals surface area contributed by atoms with E-state index in [2.05, 4.69) is 5.32 Å². The second-order valence-electron chi connectivity index (χ2n) is 6.28. The Balaban J connectivity index is 2.13. The standard InChI is InChI=1S/C17H29NO5/c1-23-14-8-9-15(13(11-14)12-19)17(22)18-10-6-4-2-3-5-7-16(20)21/h12-15H,2-11H2,1H3,(H,18,22)(H,20,21). The number of amides is 1. The third-order valence-electron chi connectivity index (χ3n) is 4.56. The Kier molecular flexibility index (Phi) is 9.52. The van der Waals surface area contributed by atoms with E-state index in [4.69, 9.17) is 9.84 Å². The lowest BCUT2D eigenvalue weighted by molar-refractivity contribution is -0.137. The third kappa shape index (κ3) is 7.59. The van der Waals surface area contributed by atoms with Crippen LogP contribution in [-0.2, 0) is 19.1 Å². The summed E-state index contributed by atoms with van der Waals surface area (Å²) in [6.07, 6.45) is 7.82. The van der Waals surface area contributed by atoms with Gasteiger partial charge in [-0.15, -0.1) is 0 Å². The Hall–Kier alpha value is -1.43. The number of carbonyl (C=O) groups excluding carboxylic acids is 2. The van der Waals surface area contributed by atoms with Crippen LogP contribution in [0.4, 0.5) is 0 Å². The van der Waals surface area contributed by atoms with E-state index in [0.29, 0.717) is 25.8 Å². The Labute approximate surface area is 138 Å². The van der Waals surface area contributed by atoms with Crippen molar-refractivity contribution in [1.82, 2.24) is 5.32 Å². The second kappa shape index (κ2) is 11.2. The number of carbonyl (C=O) groups is 3. The van der Waals surface area contributed by atoms with E-state index < -0.39 is 5.97 Å². The minimum absolute atomic E-state index is 0.0254. The Morgan fingerprint density at radius 1 is 1.17 bits per heavy atom. The molecule has 0 bridgehead atoms. The molecule has 1 aliphatic rings. The molecule has 0 aliphatic heterocycles. The molecular formula is C17H29NO5. The van der Waals surface area contributed by atoms with Gasteiger partial charge in [-0.3, -0.25) is 9.59 Å². The molecule has 1 saturated carbocycles. The maximum atomic E-state index is 12.2. The zero-order valence-corrected chi connectivity index (χ0v) is 14.0. The van der Waals surface area contributed by atoms with Crippen LogP contribution in [0.3, 0.4) is 0 Å². The molecular weight excluding hydrogens is 298 g/mol. The average Bonchev–Trinajstić information content (AvgIpc) is 2.56. The predicted molar refractivity (Wildman–Crippen MR) is 86.0 cm³/mol. The van der Waals surface area contributed by atoms with Crippen LogP contribution >= 0.6 is 0 Å². The fraction of sp³-hybridized carbons (Fsp3) is 0.824. The maximum Gasteiger partial charge on any atom is 0.303 e. The van der Waals surface area contributed by atoms with Crippen molar-refractivity contribution in [3.63, 3.8) is 0 Å². The fourth-order valence-corrected chi connectivity index (χ4v) is 3.13. The van der Waals surface area contributed by atoms with Gasteiger partial charge in [0.05, 0.1) is 6.10 Å². The lowest BCUT2D eigenvalue weighted by Crippen LogP contribution is -2.40. The van der Waals surface area contributed by atoms with Gasteiger partial charge in [0, 0.05) is 31.9 Å². The van der Waals surface area contributed by atoms with Gasteiger partial charge in [0.1, 0.15) is 6.29 Å². The highest BCUT2D eigenvalue weighted by Crippen LogP contribution is 2.30. The van der Waals surface area contributed by atoms with Crippen molar-refractivity contribution < 1.29 is 24.2 Å². The van der Waals surface area contributed by atoms with Crippen LogP contribution < -0.4 is 5.32 Å². The van der Waals surface area contributed by atoms with Gasteiger partial charge in [-0.1, -0.05) is 19.3 Å². The molecule has 23 heavy (non-hydrogen) atoms. The summed E-state index contributed by atoms with van der Waals surface area (Å²) in [4.78, 5) is 33.8. The first-order valence-corrected chi connectivity index (χ1v) is 8.56. The number of carboxylic acid groups (broad SMARTS) is 1. The largest absolute Gasteiger partial charge is 0.481 e. The van der Waals surface area contributed by atoms with Crippen LogP contribution in [0, 0.1) is 11.8 Å². The zero-order valence-electron chi connectivity index (χ0n) is 14.0. The molecule has 0 aromatic heterocycles. The number of ether oxygens (including phenoxy) is 1. The molecule has 1 rings (SSSR count). The molecule has 3 atom stereocenters. The van der Waals surface area contributed by atoms with Crippen molar-refractivity contribution in [2.45, 2.75) is 63.9 Å². The van der Waals surface area contributed by atoms with Crippen LogP contribution in [0.1, 0.15) is 57.8 Å². The quantitative estimate of drug-likeness (QED) is 0.448. The molecule has 3 unspecified atom stereocenters. The van der Waals surface area contributed by atoms with Crippen LogP contribution in [0.25, 0.3) is 0 Å². The zero-order chi connectivity index (χ0) is 17.1. The van der Waals surface area contributed by atoms with Crippen LogP contribution in [0.2, 0.25) is 0 Å². The summed E-state index contributed by atoms with van der Waals surface area (Å²) in [6.45, 7) is 0.619. The van der Waals surface area contributed by atoms with Gasteiger partial charge >= 0.3 is 5.97 Å². The molecule has 6 heteroatoms. The van der Waals surface area contributed by atoms with Crippen molar-refractivity contribution in [3.05, 3.63) is 0 Å². The van der Waals surface area contributed by atoms with E-state index in [0.717, 1.165) is 38.4 Å². The van der Waals surface area contributed by atoms with Gasteiger partial charge in [0.15, 0.2) is 0 Å². The minimum atomic E-state index is -0.745. The number of hydrogen-bond acceptors (Lipinski definition) is 4. The number of carboxylic acids is 1. The molecule has 6 nitrogen and oxygen atoms in total. The number of nitrogens with one attached hydrogen (secondary N) is 1. The number of hydrogen-bond donors (Lipinski definition) is 2. The number of rotatable bonds is 11. The van der Waals surface area contributed by atoms with Crippen molar-refractivity contribution in [1.29, 1.82) is 0 Å². The first-order valence-electron chi connectivity index (χ1n) is 8.56. The number of methoxy groups -OCH3 is 1. The van der Waals surface area contributed by atoms with Gasteiger partial charge in [0.25, 0.3) is 0 Å². The van der Waals surface area contributed by atoms with Gasteiger partial charge in [-0.05, 0) is 32.1 Å². The predicted octanol–water partition coefficient (Wildman–Crippen LogP) is 2.16. The molecule has 1 amide bonds. The van der Waals surface area contributed by atoms with Crippen molar-refractivity contribution in [2.24, 2.45) is 11.8 Å². The first kappa shape index (κ1) is 19.6. The van der Waals surface area contributed by atoms with Crippen molar-refractivity contribution in [2.75, 3.05) is 13.7 Å². The molecule has 0 aromatic rings. The number of unbranched alkanes of at least 4 members (excludes halogenated alkanes) is 4. The van der Waals surface area contributed by atoms with Crippen molar-refractivity contribution in [3.8, 4) is 0 Å². The van der Waals surface area contributed by atoms with Crippen molar-refractivity contribution >= 4 is 18.2 Å². The summed E-state index contributed by atoms with van der Waals surface area (Å²) in [5, 5.41) is 11.5. The molecule has 132 valence electrons. The summed E-state index contributed by atoms with van der Waals surface area (Å²) in [5.74, 6) is -1.24. The van der Waals surface area contributed by atoms with Gasteiger partial charge in [-0.2, -0.15) is 0 Å². The highest BCUT2D eigenvalue weighted by Gasteiger charge is 2.34. The average molecular weight is 327 g/mol. The van der Waals surface area contributed by atoms with Crippen LogP contribution in [0.5, 0.6) is 0 Å². The van der Waals surface area contributed by atoms with Gasteiger partial charge in [0.2, 0.25) is 5.91 Å². The normalized spacial score (nSPS) is 24.1. The molecule has 0 radical (unpaired) electrons. The summed E-state index contributed by atoms with van der Waals surface area (Å²) in [5.41, 5.74) is 0. The monoisotopic (exact) mass is 327 g/mol. The molecule has 0 saturated heterocycles. The maximum absolute atomic E-state index is 12.2. The van der Waals surface area contributed by atoms with Crippen LogP contribution in [-0.4, -0.2) is 43.0 Å². The highest BCUT2D eigenvalue weighted by atomic mass is 16.5. The third-order valence-corrected chi connectivity index (χ3v) is 4.56. The minimum Gasteiger partial charge on any atom is -0.481 e. The summed E-state index contributed by atoms with van der Waals surface area (Å²) in [6, 6.07) is 0. The smallest absolute Gasteiger partial charge is 0.303 e. The highest BCUT2D eigenvalue weighted by molar-refractivity contribution is 5.82. The van der Waals surface area contributed by atoms with E-state index in [-0.39, 0.29) is 30.3 Å². The fourth-order valence-electron chi connectivity index (χ4n) is 3.13. The number of aldehydes is 1. The van der Waals surface area contributed by atoms with Gasteiger partial charge in [-0.25, -0.2) is 0 Å². The first-order chi connectivity index (χ1) is 11.1. The van der Waals surface area contributed by atoms with E-state index in [1.807, 2.05) is 0 Å². The van der Waals surface area contributed by atoms with E-state index >= 15 is 0 Å². The number of aliphatic carboxylic acids is 1. The molecule has 0 heterocycles. The molecule has 0 spiro atoms. The molecule has 1 aliphatic carbocycles. The second-order valence-corrected chi connectivity index (χ2v) is 6.28. The molecule has 2 N–H and O–H groups in total. The van der Waals surface area contributed by atoms with Crippen LogP contribution in [0.15, 0.2) is 0 Å². The van der Waals surface area contributed by atoms with E-state index in [1.165, 1.54) is 0 Å². The lowest BCUT2D eigenvalue weighted by atomic mass is 9.78. The Morgan fingerprint density at radius 2 is 1.87 bits per heavy atom. The topological polar surface area (TPSA) is 92.7 Å². The van der Waals surface area contributed by atoms with Gasteiger partial charge < -0.3 is 20.0 Å². The summed E-state index contributed by atoms with van der Waals surface area (Å²) in [7, 11) is 1.64. The summed E-state index contributed by atoms with van der Waals surface area (Å²) < 4.78 is 5.28. The lowest BCUT2D eigenvalue weighted by Gasteiger charge is -2.31. The molecule has 1 fully saturated rings.